The lowest BCUT2D eigenvalue weighted by Crippen LogP contribution is -2.41. The summed E-state index contributed by atoms with van der Waals surface area (Å²) >= 11 is 8.20. The van der Waals surface area contributed by atoms with Gasteiger partial charge in [0.15, 0.2) is 0 Å². The third-order valence-electron chi connectivity index (χ3n) is 4.52. The van der Waals surface area contributed by atoms with Gasteiger partial charge in [0.05, 0.1) is 0 Å². The molecule has 0 saturated heterocycles. The highest BCUT2D eigenvalue weighted by molar-refractivity contribution is 7.10. The van der Waals surface area contributed by atoms with Crippen molar-refractivity contribution in [3.8, 4) is 0 Å². The number of benzene rings is 1. The fourth-order valence-electron chi connectivity index (χ4n) is 2.98. The molecule has 1 aromatic heterocycles. The van der Waals surface area contributed by atoms with E-state index in [-0.39, 0.29) is 5.91 Å². The number of carbonyl (C=O) groups excluding carboxylic acids is 1. The molecule has 3 rings (SSSR count). The number of thiophene rings is 1. The Morgan fingerprint density at radius 3 is 2.96 bits per heavy atom. The molecule has 0 fully saturated rings. The van der Waals surface area contributed by atoms with Crippen LogP contribution in [0, 0.1) is 0 Å². The van der Waals surface area contributed by atoms with Gasteiger partial charge in [0, 0.05) is 28.7 Å². The van der Waals surface area contributed by atoms with Crippen molar-refractivity contribution >= 4 is 34.6 Å². The van der Waals surface area contributed by atoms with Crippen LogP contribution in [0.25, 0.3) is 0 Å². The Labute approximate surface area is 157 Å². The molecule has 0 saturated carbocycles. The topological polar surface area (TPSA) is 44.7 Å². The average molecular weight is 376 g/mol. The highest BCUT2D eigenvalue weighted by Crippen LogP contribution is 2.33. The Bertz CT molecular complexity index is 786. The maximum Gasteiger partial charge on any atom is 0.262 e. The van der Waals surface area contributed by atoms with Crippen LogP contribution < -0.4 is 5.43 Å². The summed E-state index contributed by atoms with van der Waals surface area (Å²) in [4.78, 5) is 16.5. The number of fused-ring (bicyclic) bond motifs is 1. The summed E-state index contributed by atoms with van der Waals surface area (Å²) in [6.07, 6.45) is 1.76. The average Bonchev–Trinajstić information content (AvgIpc) is 3.09. The molecule has 132 valence electrons. The van der Waals surface area contributed by atoms with Crippen LogP contribution in [0.1, 0.15) is 42.3 Å². The lowest BCUT2D eigenvalue weighted by atomic mass is 10.0. The molecular weight excluding hydrogens is 354 g/mol. The summed E-state index contributed by atoms with van der Waals surface area (Å²) in [5.41, 5.74) is 5.74. The van der Waals surface area contributed by atoms with Gasteiger partial charge in [0.25, 0.3) is 5.91 Å². The van der Waals surface area contributed by atoms with Gasteiger partial charge < -0.3 is 0 Å². The van der Waals surface area contributed by atoms with Crippen LogP contribution in [0.2, 0.25) is 5.02 Å². The fraction of sp³-hybridized carbons (Fsp3) is 0.368. The fourth-order valence-corrected chi connectivity index (χ4v) is 4.11. The predicted molar refractivity (Wildman–Crippen MR) is 104 cm³/mol. The van der Waals surface area contributed by atoms with Crippen LogP contribution in [-0.4, -0.2) is 23.1 Å². The van der Waals surface area contributed by atoms with Crippen LogP contribution in [0.3, 0.4) is 0 Å². The number of halogens is 1. The van der Waals surface area contributed by atoms with Crippen LogP contribution in [-0.2, 0) is 17.8 Å². The van der Waals surface area contributed by atoms with E-state index < -0.39 is 6.04 Å². The van der Waals surface area contributed by atoms with Crippen molar-refractivity contribution in [1.82, 2.24) is 10.3 Å². The number of hydrazone groups is 1. The lowest BCUT2D eigenvalue weighted by molar-refractivity contribution is -0.127. The largest absolute Gasteiger partial charge is 0.283 e. The van der Waals surface area contributed by atoms with Gasteiger partial charge in [-0.25, -0.2) is 5.43 Å². The highest BCUT2D eigenvalue weighted by atomic mass is 35.5. The van der Waals surface area contributed by atoms with Crippen molar-refractivity contribution in [2.24, 2.45) is 5.10 Å². The van der Waals surface area contributed by atoms with Crippen molar-refractivity contribution in [2.45, 2.75) is 39.3 Å². The number of hydrogen-bond donors (Lipinski definition) is 1. The van der Waals surface area contributed by atoms with E-state index in [1.807, 2.05) is 38.1 Å². The second kappa shape index (κ2) is 8.13. The van der Waals surface area contributed by atoms with E-state index in [2.05, 4.69) is 26.9 Å². The molecule has 0 spiro atoms. The maximum absolute atomic E-state index is 12.9. The molecule has 0 aliphatic carbocycles. The third kappa shape index (κ3) is 4.11. The van der Waals surface area contributed by atoms with Gasteiger partial charge in [-0.2, -0.15) is 5.10 Å². The van der Waals surface area contributed by atoms with E-state index in [1.54, 1.807) is 11.3 Å². The number of carbonyl (C=O) groups is 1. The molecule has 2 heterocycles. The van der Waals surface area contributed by atoms with Crippen molar-refractivity contribution in [1.29, 1.82) is 0 Å². The zero-order chi connectivity index (χ0) is 17.8. The van der Waals surface area contributed by atoms with Gasteiger partial charge in [-0.15, -0.1) is 11.3 Å². The summed E-state index contributed by atoms with van der Waals surface area (Å²) in [7, 11) is 0. The molecule has 1 aromatic carbocycles. The van der Waals surface area contributed by atoms with E-state index >= 15 is 0 Å². The van der Waals surface area contributed by atoms with Crippen LogP contribution in [0.4, 0.5) is 0 Å². The Morgan fingerprint density at radius 1 is 1.40 bits per heavy atom. The molecule has 1 N–H and O–H groups in total. The molecule has 1 atom stereocenters. The first-order valence-electron chi connectivity index (χ1n) is 8.47. The number of rotatable bonds is 5. The summed E-state index contributed by atoms with van der Waals surface area (Å²) in [5, 5.41) is 6.92. The molecule has 25 heavy (non-hydrogen) atoms. The predicted octanol–water partition coefficient (Wildman–Crippen LogP) is 4.40. The van der Waals surface area contributed by atoms with Crippen molar-refractivity contribution in [3.05, 3.63) is 56.7 Å². The first-order chi connectivity index (χ1) is 12.1. The number of amides is 1. The number of nitrogens with one attached hydrogen (secondary N) is 1. The number of hydrogen-bond acceptors (Lipinski definition) is 4. The lowest BCUT2D eigenvalue weighted by Gasteiger charge is -2.33. The van der Waals surface area contributed by atoms with E-state index in [9.17, 15) is 4.79 Å². The van der Waals surface area contributed by atoms with Crippen molar-refractivity contribution in [2.75, 3.05) is 6.54 Å². The van der Waals surface area contributed by atoms with Gasteiger partial charge >= 0.3 is 0 Å². The summed E-state index contributed by atoms with van der Waals surface area (Å²) in [6, 6.07) is 9.25. The Morgan fingerprint density at radius 2 is 2.20 bits per heavy atom. The van der Waals surface area contributed by atoms with Crippen molar-refractivity contribution in [3.63, 3.8) is 0 Å². The zero-order valence-electron chi connectivity index (χ0n) is 14.5. The molecule has 1 aliphatic rings. The van der Waals surface area contributed by atoms with E-state index in [1.165, 1.54) is 10.4 Å². The minimum atomic E-state index is -0.449. The highest BCUT2D eigenvalue weighted by Gasteiger charge is 2.32. The molecule has 4 nitrogen and oxygen atoms in total. The van der Waals surface area contributed by atoms with E-state index in [0.717, 1.165) is 37.2 Å². The first kappa shape index (κ1) is 18.1. The maximum atomic E-state index is 12.9. The summed E-state index contributed by atoms with van der Waals surface area (Å²) in [5.74, 6) is -0.139. The van der Waals surface area contributed by atoms with Gasteiger partial charge in [-0.05, 0) is 48.4 Å². The standard InChI is InChI=1S/C19H22ClN3OS/c1-3-13(2)21-22-19(24)18(15-6-4-5-7-16(15)20)23-10-8-17-14(12-23)9-11-25-17/h4-7,9,11,18H,3,8,10,12H2,1-2H3,(H,22,24)/b21-13+. The molecule has 1 unspecified atom stereocenters. The van der Waals surface area contributed by atoms with Gasteiger partial charge in [0.2, 0.25) is 0 Å². The minimum Gasteiger partial charge on any atom is -0.283 e. The SMILES string of the molecule is CC/C(C)=N/NC(=O)C(c1ccccc1Cl)N1CCc2sccc2C1. The normalized spacial score (nSPS) is 16.4. The molecular formula is C19H22ClN3OS. The Kier molecular flexibility index (Phi) is 5.89. The van der Waals surface area contributed by atoms with Crippen molar-refractivity contribution < 1.29 is 4.79 Å². The second-order valence-corrected chi connectivity index (χ2v) is 7.60. The molecule has 0 radical (unpaired) electrons. The number of nitrogens with zero attached hydrogens (tertiary/aromatic N) is 2. The molecule has 2 aromatic rings. The van der Waals surface area contributed by atoms with Gasteiger partial charge in [0.1, 0.15) is 6.04 Å². The Hall–Kier alpha value is -1.69. The Balaban J connectivity index is 1.90. The van der Waals surface area contributed by atoms with Crippen LogP contribution >= 0.6 is 22.9 Å². The minimum absolute atomic E-state index is 0.139. The zero-order valence-corrected chi connectivity index (χ0v) is 16.0. The molecule has 0 bridgehead atoms. The summed E-state index contributed by atoms with van der Waals surface area (Å²) in [6.45, 7) is 5.49. The third-order valence-corrected chi connectivity index (χ3v) is 5.89. The summed E-state index contributed by atoms with van der Waals surface area (Å²) < 4.78 is 0. The molecule has 1 aliphatic heterocycles. The molecule has 1 amide bonds. The first-order valence-corrected chi connectivity index (χ1v) is 9.72. The quantitative estimate of drug-likeness (QED) is 0.621. The van der Waals surface area contributed by atoms with Crippen LogP contribution in [0.15, 0.2) is 40.8 Å². The van der Waals surface area contributed by atoms with Gasteiger partial charge in [-0.3, -0.25) is 9.69 Å². The smallest absolute Gasteiger partial charge is 0.262 e. The van der Waals surface area contributed by atoms with E-state index in [4.69, 9.17) is 11.6 Å². The monoisotopic (exact) mass is 375 g/mol. The van der Waals surface area contributed by atoms with Crippen LogP contribution in [0.5, 0.6) is 0 Å². The van der Waals surface area contributed by atoms with E-state index in [0.29, 0.717) is 5.02 Å². The second-order valence-electron chi connectivity index (χ2n) is 6.19. The molecule has 6 heteroatoms. The van der Waals surface area contributed by atoms with Gasteiger partial charge in [-0.1, -0.05) is 36.7 Å².